The number of nitriles is 1. The molecule has 20 heavy (non-hydrogen) atoms. The van der Waals surface area contributed by atoms with Crippen LogP contribution in [0.3, 0.4) is 0 Å². The van der Waals surface area contributed by atoms with Crippen LogP contribution in [0.25, 0.3) is 0 Å². The van der Waals surface area contributed by atoms with Crippen LogP contribution in [-0.2, 0) is 0 Å². The number of aryl methyl sites for hydroxylation is 1. The van der Waals surface area contributed by atoms with E-state index in [9.17, 15) is 0 Å². The SMILES string of the molecule is Cc1cc(N(CCC(C)C)C2CCCC2)ccc1C#N. The van der Waals surface area contributed by atoms with Gasteiger partial charge < -0.3 is 4.90 Å². The van der Waals surface area contributed by atoms with Crippen LogP contribution in [0.4, 0.5) is 5.69 Å². The van der Waals surface area contributed by atoms with Gasteiger partial charge in [0.05, 0.1) is 11.6 Å². The van der Waals surface area contributed by atoms with E-state index in [1.807, 2.05) is 13.0 Å². The van der Waals surface area contributed by atoms with Crippen LogP contribution in [0.1, 0.15) is 57.1 Å². The third-order valence-corrected chi connectivity index (χ3v) is 4.37. The van der Waals surface area contributed by atoms with E-state index in [0.717, 1.165) is 23.6 Å². The molecule has 0 radical (unpaired) electrons. The van der Waals surface area contributed by atoms with Gasteiger partial charge in [-0.2, -0.15) is 5.26 Å². The zero-order valence-corrected chi connectivity index (χ0v) is 13.0. The molecule has 108 valence electrons. The molecule has 0 saturated heterocycles. The van der Waals surface area contributed by atoms with Crippen LogP contribution < -0.4 is 4.90 Å². The second kappa shape index (κ2) is 6.79. The highest BCUT2D eigenvalue weighted by atomic mass is 15.2. The number of rotatable bonds is 5. The molecule has 1 aromatic rings. The smallest absolute Gasteiger partial charge is 0.0994 e. The molecule has 2 nitrogen and oxygen atoms in total. The largest absolute Gasteiger partial charge is 0.369 e. The number of anilines is 1. The van der Waals surface area contributed by atoms with E-state index in [1.165, 1.54) is 37.8 Å². The van der Waals surface area contributed by atoms with Gasteiger partial charge in [0.25, 0.3) is 0 Å². The molecule has 0 spiro atoms. The van der Waals surface area contributed by atoms with Crippen molar-refractivity contribution in [2.45, 2.75) is 58.9 Å². The quantitative estimate of drug-likeness (QED) is 0.778. The van der Waals surface area contributed by atoms with Crippen molar-refractivity contribution in [3.8, 4) is 6.07 Å². The minimum Gasteiger partial charge on any atom is -0.369 e. The van der Waals surface area contributed by atoms with Crippen molar-refractivity contribution in [3.05, 3.63) is 29.3 Å². The van der Waals surface area contributed by atoms with E-state index in [0.29, 0.717) is 6.04 Å². The van der Waals surface area contributed by atoms with Gasteiger partial charge in [-0.25, -0.2) is 0 Å². The lowest BCUT2D eigenvalue weighted by Gasteiger charge is -2.32. The van der Waals surface area contributed by atoms with Gasteiger partial charge in [-0.05, 0) is 55.9 Å². The summed E-state index contributed by atoms with van der Waals surface area (Å²) >= 11 is 0. The second-order valence-corrected chi connectivity index (χ2v) is 6.43. The van der Waals surface area contributed by atoms with Gasteiger partial charge in [0, 0.05) is 18.3 Å². The Hall–Kier alpha value is -1.49. The van der Waals surface area contributed by atoms with Crippen molar-refractivity contribution in [2.75, 3.05) is 11.4 Å². The molecule has 0 heterocycles. The fourth-order valence-electron chi connectivity index (χ4n) is 3.09. The molecular weight excluding hydrogens is 244 g/mol. The molecule has 0 atom stereocenters. The number of hydrogen-bond acceptors (Lipinski definition) is 2. The van der Waals surface area contributed by atoms with E-state index in [4.69, 9.17) is 5.26 Å². The van der Waals surface area contributed by atoms with Gasteiger partial charge in [0.1, 0.15) is 0 Å². The topological polar surface area (TPSA) is 27.0 Å². The van der Waals surface area contributed by atoms with Gasteiger partial charge >= 0.3 is 0 Å². The average Bonchev–Trinajstić information content (AvgIpc) is 2.93. The molecule has 1 saturated carbocycles. The first-order chi connectivity index (χ1) is 9.61. The predicted molar refractivity (Wildman–Crippen MR) is 85.0 cm³/mol. The van der Waals surface area contributed by atoms with Crippen LogP contribution in [0.5, 0.6) is 0 Å². The second-order valence-electron chi connectivity index (χ2n) is 6.43. The first kappa shape index (κ1) is 14.9. The summed E-state index contributed by atoms with van der Waals surface area (Å²) in [7, 11) is 0. The minimum atomic E-state index is 0.695. The molecule has 1 aliphatic carbocycles. The lowest BCUT2D eigenvalue weighted by atomic mass is 10.0. The highest BCUT2D eigenvalue weighted by Gasteiger charge is 2.23. The van der Waals surface area contributed by atoms with Crippen LogP contribution in [0.15, 0.2) is 18.2 Å². The van der Waals surface area contributed by atoms with Gasteiger partial charge in [-0.15, -0.1) is 0 Å². The Morgan fingerprint density at radius 1 is 1.30 bits per heavy atom. The maximum absolute atomic E-state index is 9.07. The average molecular weight is 270 g/mol. The van der Waals surface area contributed by atoms with E-state index < -0.39 is 0 Å². The summed E-state index contributed by atoms with van der Waals surface area (Å²) < 4.78 is 0. The summed E-state index contributed by atoms with van der Waals surface area (Å²) in [5, 5.41) is 9.07. The summed E-state index contributed by atoms with van der Waals surface area (Å²) in [5.74, 6) is 0.735. The van der Waals surface area contributed by atoms with Gasteiger partial charge in [0.2, 0.25) is 0 Å². The molecule has 0 bridgehead atoms. The third kappa shape index (κ3) is 3.54. The van der Waals surface area contributed by atoms with E-state index in [1.54, 1.807) is 0 Å². The fraction of sp³-hybridized carbons (Fsp3) is 0.611. The maximum atomic E-state index is 9.07. The first-order valence-electron chi connectivity index (χ1n) is 7.89. The highest BCUT2D eigenvalue weighted by molar-refractivity contribution is 5.54. The summed E-state index contributed by atoms with van der Waals surface area (Å²) in [5.41, 5.74) is 3.19. The van der Waals surface area contributed by atoms with Crippen LogP contribution in [-0.4, -0.2) is 12.6 Å². The van der Waals surface area contributed by atoms with E-state index in [-0.39, 0.29) is 0 Å². The lowest BCUT2D eigenvalue weighted by molar-refractivity contribution is 0.528. The molecule has 0 aliphatic heterocycles. The summed E-state index contributed by atoms with van der Waals surface area (Å²) in [6.45, 7) is 7.75. The highest BCUT2D eigenvalue weighted by Crippen LogP contribution is 2.30. The molecule has 0 amide bonds. The lowest BCUT2D eigenvalue weighted by Crippen LogP contribution is -2.34. The van der Waals surface area contributed by atoms with Crippen molar-refractivity contribution in [2.24, 2.45) is 5.92 Å². The molecule has 2 heteroatoms. The van der Waals surface area contributed by atoms with E-state index in [2.05, 4.69) is 36.9 Å². The van der Waals surface area contributed by atoms with Crippen molar-refractivity contribution in [1.82, 2.24) is 0 Å². The monoisotopic (exact) mass is 270 g/mol. The Balaban J connectivity index is 2.20. The molecule has 0 unspecified atom stereocenters. The van der Waals surface area contributed by atoms with Crippen molar-refractivity contribution >= 4 is 5.69 Å². The van der Waals surface area contributed by atoms with Crippen molar-refractivity contribution in [3.63, 3.8) is 0 Å². The molecular formula is C18H26N2. The zero-order valence-electron chi connectivity index (χ0n) is 13.0. The Morgan fingerprint density at radius 2 is 2.00 bits per heavy atom. The number of benzene rings is 1. The molecule has 1 aliphatic rings. The van der Waals surface area contributed by atoms with Crippen LogP contribution in [0.2, 0.25) is 0 Å². The van der Waals surface area contributed by atoms with Crippen LogP contribution in [0, 0.1) is 24.2 Å². The summed E-state index contributed by atoms with van der Waals surface area (Å²) in [4.78, 5) is 2.58. The minimum absolute atomic E-state index is 0.695. The number of nitrogens with zero attached hydrogens (tertiary/aromatic N) is 2. The van der Waals surface area contributed by atoms with Crippen LogP contribution >= 0.6 is 0 Å². The molecule has 0 aromatic heterocycles. The predicted octanol–water partition coefficient (Wildman–Crippen LogP) is 4.66. The Kier molecular flexibility index (Phi) is 5.06. The number of hydrogen-bond donors (Lipinski definition) is 0. The van der Waals surface area contributed by atoms with Gasteiger partial charge in [-0.3, -0.25) is 0 Å². The molecule has 2 rings (SSSR count). The summed E-state index contributed by atoms with van der Waals surface area (Å²) in [6, 6.07) is 9.25. The Labute approximate surface area is 123 Å². The van der Waals surface area contributed by atoms with Gasteiger partial charge in [-0.1, -0.05) is 26.7 Å². The molecule has 1 fully saturated rings. The summed E-state index contributed by atoms with van der Waals surface area (Å²) in [6.07, 6.45) is 6.58. The Bertz CT molecular complexity index is 479. The van der Waals surface area contributed by atoms with Gasteiger partial charge in [0.15, 0.2) is 0 Å². The first-order valence-corrected chi connectivity index (χ1v) is 7.89. The zero-order chi connectivity index (χ0) is 14.5. The third-order valence-electron chi connectivity index (χ3n) is 4.37. The Morgan fingerprint density at radius 3 is 2.55 bits per heavy atom. The molecule has 1 aromatic carbocycles. The maximum Gasteiger partial charge on any atom is 0.0994 e. The standard InChI is InChI=1S/C18H26N2/c1-14(2)10-11-20(17-6-4-5-7-17)18-9-8-16(13-19)15(3)12-18/h8-9,12,14,17H,4-7,10-11H2,1-3H3. The van der Waals surface area contributed by atoms with E-state index >= 15 is 0 Å². The molecule has 0 N–H and O–H groups in total. The van der Waals surface area contributed by atoms with Crippen molar-refractivity contribution < 1.29 is 0 Å². The normalized spacial score (nSPS) is 15.6. The fourth-order valence-corrected chi connectivity index (χ4v) is 3.09. The van der Waals surface area contributed by atoms with Crippen molar-refractivity contribution in [1.29, 1.82) is 5.26 Å².